The number of aryl methyl sites for hydroxylation is 11. The molecule has 0 fully saturated rings. The standard InChI is InChI=1S/C26H32N.2C24H28N/c1-17(2)22-15-26(27(7)16-25(22)18(3)4)24-14-23(19(5)13-20(24)6)21-11-9-8-10-12-21;2*1-16(2)21-14-24(25(6)15-19(21)5)23-13-22(17(3)12-18(23)4)20-10-8-7-9-11-20/h8-18H,1-7H3;2*7-16H,1-6H3/q3*+1/i;3D3,5D3,16D;. The minimum absolute atomic E-state index is 0.142. The van der Waals surface area contributed by atoms with Crippen LogP contribution in [0.15, 0.2) is 164 Å². The van der Waals surface area contributed by atoms with Crippen LogP contribution in [-0.2, 0) is 21.1 Å². The lowest BCUT2D eigenvalue weighted by Gasteiger charge is -2.17. The van der Waals surface area contributed by atoms with Crippen LogP contribution in [0.5, 0.6) is 0 Å². The van der Waals surface area contributed by atoms with Gasteiger partial charge in [-0.05, 0) is 181 Å². The third kappa shape index (κ3) is 13.1. The molecule has 3 aromatic heterocycles. The summed E-state index contributed by atoms with van der Waals surface area (Å²) >= 11 is 0. The fourth-order valence-electron chi connectivity index (χ4n) is 10.9. The van der Waals surface area contributed by atoms with E-state index in [1.807, 2.05) is 43.3 Å². The lowest BCUT2D eigenvalue weighted by atomic mass is 9.88. The van der Waals surface area contributed by atoms with Gasteiger partial charge in [0.1, 0.15) is 21.1 Å². The number of nitrogens with zero attached hydrogens (tertiary/aromatic N) is 3. The first kappa shape index (κ1) is 48.2. The quantitative estimate of drug-likeness (QED) is 0.121. The molecule has 0 atom stereocenters. The maximum absolute atomic E-state index is 8.54. The van der Waals surface area contributed by atoms with Crippen molar-refractivity contribution in [1.82, 2.24) is 0 Å². The first-order valence-corrected chi connectivity index (χ1v) is 27.4. The van der Waals surface area contributed by atoms with E-state index in [-0.39, 0.29) is 11.1 Å². The van der Waals surface area contributed by atoms with Gasteiger partial charge in [-0.2, -0.15) is 0 Å². The SMILES string of the molecule is Cc1cc(C)c(-c2cc(C(C)C)c(C(C)C)c[n+]2C)cc1-c1ccccc1.Cc1cc(C)c(-c2cc(C(C)C)c(C)c[n+]2C)cc1-c1ccccc1.[2H]C([2H])([2H])c1cc(C)c(-c2cc(C([2H])(C)C)c(C([2H])([2H])[2H])c[n+]2C)cc1-c1ccccc1. The van der Waals surface area contributed by atoms with Gasteiger partial charge in [0.25, 0.3) is 0 Å². The zero-order valence-corrected chi connectivity index (χ0v) is 49.2. The van der Waals surface area contributed by atoms with E-state index in [9.17, 15) is 0 Å². The predicted molar refractivity (Wildman–Crippen MR) is 330 cm³/mol. The van der Waals surface area contributed by atoms with Crippen molar-refractivity contribution in [1.29, 1.82) is 0 Å². The zero-order chi connectivity index (χ0) is 61.9. The van der Waals surface area contributed by atoms with Crippen LogP contribution in [0.2, 0.25) is 0 Å². The molecule has 396 valence electrons. The van der Waals surface area contributed by atoms with Gasteiger partial charge in [0, 0.05) is 61.2 Å². The molecule has 6 aromatic carbocycles. The summed E-state index contributed by atoms with van der Waals surface area (Å²) in [6.07, 6.45) is 6.15. The second kappa shape index (κ2) is 24.8. The summed E-state index contributed by atoms with van der Waals surface area (Å²) < 4.78 is 62.7. The molecular formula is C74H88N3+3. The van der Waals surface area contributed by atoms with Crippen LogP contribution in [0.3, 0.4) is 0 Å². The maximum Gasteiger partial charge on any atom is 0.212 e. The van der Waals surface area contributed by atoms with E-state index >= 15 is 0 Å². The molecular weight excluding hydrogens is 931 g/mol. The first-order valence-electron chi connectivity index (χ1n) is 30.9. The Morgan fingerprint density at radius 3 is 0.987 bits per heavy atom. The van der Waals surface area contributed by atoms with Gasteiger partial charge >= 0.3 is 0 Å². The third-order valence-corrected chi connectivity index (χ3v) is 15.1. The van der Waals surface area contributed by atoms with Crippen molar-refractivity contribution >= 4 is 0 Å². The average molecular weight is 1030 g/mol. The molecule has 3 nitrogen and oxygen atoms in total. The summed E-state index contributed by atoms with van der Waals surface area (Å²) in [5.74, 6) is 0.448. The highest BCUT2D eigenvalue weighted by atomic mass is 14.9. The first-order chi connectivity index (χ1) is 39.3. The lowest BCUT2D eigenvalue weighted by Crippen LogP contribution is -2.32. The van der Waals surface area contributed by atoms with Crippen LogP contribution in [0.25, 0.3) is 67.2 Å². The van der Waals surface area contributed by atoms with Crippen molar-refractivity contribution in [3.05, 3.63) is 231 Å². The molecule has 0 spiro atoms. The summed E-state index contributed by atoms with van der Waals surface area (Å²) in [5, 5.41) is 0. The van der Waals surface area contributed by atoms with Gasteiger partial charge in [-0.25, -0.2) is 13.7 Å². The number of hydrogen-bond acceptors (Lipinski definition) is 0. The number of aromatic nitrogens is 3. The van der Waals surface area contributed by atoms with E-state index in [2.05, 4.69) is 209 Å². The highest BCUT2D eigenvalue weighted by Gasteiger charge is 2.24. The largest absolute Gasteiger partial charge is 0.212 e. The van der Waals surface area contributed by atoms with Crippen molar-refractivity contribution < 1.29 is 23.3 Å². The van der Waals surface area contributed by atoms with E-state index in [4.69, 9.17) is 9.60 Å². The molecule has 0 saturated heterocycles. The number of rotatable bonds is 10. The average Bonchev–Trinajstić information content (AvgIpc) is 2.33. The Kier molecular flexibility index (Phi) is 15.5. The molecule has 0 bridgehead atoms. The Balaban J connectivity index is 0.000000182. The van der Waals surface area contributed by atoms with Crippen LogP contribution in [0.4, 0.5) is 0 Å². The van der Waals surface area contributed by atoms with E-state index in [1.165, 1.54) is 89.3 Å². The Labute approximate surface area is 474 Å². The minimum Gasteiger partial charge on any atom is -0.201 e. The molecule has 0 N–H and O–H groups in total. The Bertz CT molecular complexity index is 3790. The molecule has 0 aliphatic carbocycles. The van der Waals surface area contributed by atoms with Crippen LogP contribution < -0.4 is 13.7 Å². The Hall–Kier alpha value is -7.23. The van der Waals surface area contributed by atoms with Crippen molar-refractivity contribution in [2.24, 2.45) is 21.1 Å². The molecule has 0 aliphatic heterocycles. The fourth-order valence-corrected chi connectivity index (χ4v) is 10.9. The van der Waals surface area contributed by atoms with Crippen LogP contribution in [-0.4, -0.2) is 0 Å². The molecule has 0 aliphatic rings. The van der Waals surface area contributed by atoms with Crippen molar-refractivity contribution in [3.8, 4) is 67.2 Å². The number of pyridine rings is 3. The third-order valence-electron chi connectivity index (χ3n) is 15.1. The Morgan fingerprint density at radius 1 is 0.312 bits per heavy atom. The molecule has 9 rings (SSSR count). The van der Waals surface area contributed by atoms with Gasteiger partial charge in [-0.3, -0.25) is 0 Å². The van der Waals surface area contributed by atoms with Gasteiger partial charge in [0.2, 0.25) is 17.1 Å². The normalized spacial score (nSPS) is 13.1. The van der Waals surface area contributed by atoms with E-state index in [1.54, 1.807) is 43.8 Å². The summed E-state index contributed by atoms with van der Waals surface area (Å²) in [5.41, 5.74) is 25.9. The monoisotopic (exact) mass is 1030 g/mol. The van der Waals surface area contributed by atoms with Crippen LogP contribution in [0.1, 0.15) is 155 Å². The van der Waals surface area contributed by atoms with Crippen molar-refractivity contribution in [2.75, 3.05) is 0 Å². The van der Waals surface area contributed by atoms with Crippen LogP contribution >= 0.6 is 0 Å². The summed E-state index contributed by atoms with van der Waals surface area (Å²) in [6.45, 7) is 25.3. The maximum atomic E-state index is 8.54. The molecule has 0 radical (unpaired) electrons. The molecule has 0 saturated carbocycles. The zero-order valence-electron chi connectivity index (χ0n) is 56.2. The van der Waals surface area contributed by atoms with Crippen molar-refractivity contribution in [3.63, 3.8) is 0 Å². The summed E-state index contributed by atoms with van der Waals surface area (Å²) in [4.78, 5) is 0. The second-order valence-electron chi connectivity index (χ2n) is 22.4. The highest BCUT2D eigenvalue weighted by molar-refractivity contribution is 5.78. The van der Waals surface area contributed by atoms with Gasteiger partial charge in [0.05, 0.1) is 0 Å². The number of benzene rings is 6. The number of hydrogen-bond donors (Lipinski definition) is 0. The smallest absolute Gasteiger partial charge is 0.201 e. The summed E-state index contributed by atoms with van der Waals surface area (Å²) in [7, 11) is 6.09. The molecule has 77 heavy (non-hydrogen) atoms. The molecule has 9 aromatic rings. The van der Waals surface area contributed by atoms with Crippen LogP contribution in [0, 0.1) is 55.2 Å². The minimum atomic E-state index is -2.35. The van der Waals surface area contributed by atoms with E-state index in [0.717, 1.165) is 22.4 Å². The topological polar surface area (TPSA) is 11.6 Å². The Morgan fingerprint density at radius 2 is 0.623 bits per heavy atom. The predicted octanol–water partition coefficient (Wildman–Crippen LogP) is 18.5. The molecule has 3 heterocycles. The molecule has 0 amide bonds. The van der Waals surface area contributed by atoms with Gasteiger partial charge < -0.3 is 0 Å². The van der Waals surface area contributed by atoms with Gasteiger partial charge in [-0.15, -0.1) is 0 Å². The lowest BCUT2D eigenvalue weighted by molar-refractivity contribution is -0.661. The summed E-state index contributed by atoms with van der Waals surface area (Å²) in [6, 6.07) is 50.2. The molecule has 0 unspecified atom stereocenters. The fraction of sp³-hybridized carbons (Fsp3) is 0.311. The van der Waals surface area contributed by atoms with E-state index < -0.39 is 19.6 Å². The van der Waals surface area contributed by atoms with Crippen molar-refractivity contribution in [2.45, 2.75) is 134 Å². The van der Waals surface area contributed by atoms with Gasteiger partial charge in [-0.1, -0.05) is 165 Å². The van der Waals surface area contributed by atoms with E-state index in [0.29, 0.717) is 28.9 Å². The highest BCUT2D eigenvalue weighted by Crippen LogP contribution is 2.37. The van der Waals surface area contributed by atoms with Gasteiger partial charge in [0.15, 0.2) is 18.6 Å². The second-order valence-corrected chi connectivity index (χ2v) is 22.4. The molecule has 3 heteroatoms.